The number of rotatable bonds is 4. The summed E-state index contributed by atoms with van der Waals surface area (Å²) >= 11 is 0. The molecular weight excluding hydrogens is 168 g/mol. The predicted molar refractivity (Wildman–Crippen MR) is 38.3 cm³/mol. The van der Waals surface area contributed by atoms with Gasteiger partial charge in [-0.2, -0.15) is 0 Å². The molecule has 72 valence electrons. The Balaban J connectivity index is 0. The second-order valence-electron chi connectivity index (χ2n) is 1.77. The highest BCUT2D eigenvalue weighted by molar-refractivity contribution is 5.55. The number of aliphatic hydroxyl groups excluding tert-OH is 4. The summed E-state index contributed by atoms with van der Waals surface area (Å²) in [5, 5.41) is 31.8. The number of carbonyl (C=O) groups excluding carboxylic acids is 2. The van der Waals surface area contributed by atoms with Gasteiger partial charge in [-0.3, -0.25) is 0 Å². The van der Waals surface area contributed by atoms with Crippen molar-refractivity contribution in [2.24, 2.45) is 0 Å². The summed E-state index contributed by atoms with van der Waals surface area (Å²) < 4.78 is 0. The number of hydrogen-bond acceptors (Lipinski definition) is 6. The summed E-state index contributed by atoms with van der Waals surface area (Å²) in [5.41, 5.74) is 0. The van der Waals surface area contributed by atoms with Gasteiger partial charge in [0.2, 0.25) is 0 Å². The molecule has 0 rings (SSSR count). The van der Waals surface area contributed by atoms with Gasteiger partial charge in [-0.15, -0.1) is 0 Å². The average molecular weight is 180 g/mol. The van der Waals surface area contributed by atoms with Gasteiger partial charge in [0.15, 0.2) is 12.6 Å². The van der Waals surface area contributed by atoms with E-state index in [0.717, 1.165) is 0 Å². The van der Waals surface area contributed by atoms with Gasteiger partial charge in [0.05, 0.1) is 13.2 Å². The van der Waals surface area contributed by atoms with E-state index in [9.17, 15) is 9.59 Å². The van der Waals surface area contributed by atoms with E-state index in [4.69, 9.17) is 20.4 Å². The van der Waals surface area contributed by atoms with E-state index in [0.29, 0.717) is 0 Å². The van der Waals surface area contributed by atoms with Crippen molar-refractivity contribution in [2.45, 2.75) is 12.2 Å². The van der Waals surface area contributed by atoms with Gasteiger partial charge in [-0.25, -0.2) is 0 Å². The molecular formula is C6H12O6. The summed E-state index contributed by atoms with van der Waals surface area (Å²) in [6.07, 6.45) is -1.82. The van der Waals surface area contributed by atoms with Crippen molar-refractivity contribution in [3.05, 3.63) is 0 Å². The third kappa shape index (κ3) is 11.9. The van der Waals surface area contributed by atoms with Crippen molar-refractivity contribution in [3.63, 3.8) is 0 Å². The molecule has 0 saturated carbocycles. The normalized spacial score (nSPS) is 13.7. The first kappa shape index (κ1) is 13.7. The number of aliphatic hydroxyl groups is 4. The summed E-state index contributed by atoms with van der Waals surface area (Å²) in [7, 11) is 0. The van der Waals surface area contributed by atoms with E-state index < -0.39 is 25.4 Å². The van der Waals surface area contributed by atoms with E-state index in [1.807, 2.05) is 0 Å². The SMILES string of the molecule is O=CC(O)CO.O=C[C@H](O)CO. The van der Waals surface area contributed by atoms with Gasteiger partial charge in [-0.05, 0) is 0 Å². The minimum Gasteiger partial charge on any atom is -0.393 e. The predicted octanol–water partition coefficient (Wildman–Crippen LogP) is -2.92. The van der Waals surface area contributed by atoms with Crippen LogP contribution in [0.15, 0.2) is 0 Å². The summed E-state index contributed by atoms with van der Waals surface area (Å²) in [6.45, 7) is -0.965. The second-order valence-corrected chi connectivity index (χ2v) is 1.77. The van der Waals surface area contributed by atoms with Crippen LogP contribution in [0.25, 0.3) is 0 Å². The van der Waals surface area contributed by atoms with Crippen LogP contribution in [0.4, 0.5) is 0 Å². The van der Waals surface area contributed by atoms with Crippen LogP contribution in [0, 0.1) is 0 Å². The molecule has 0 aromatic carbocycles. The fourth-order valence-corrected chi connectivity index (χ4v) is 0.0861. The fraction of sp³-hybridized carbons (Fsp3) is 0.667. The lowest BCUT2D eigenvalue weighted by Gasteiger charge is -1.89. The highest BCUT2D eigenvalue weighted by Crippen LogP contribution is 1.66. The van der Waals surface area contributed by atoms with Crippen molar-refractivity contribution in [2.75, 3.05) is 13.2 Å². The highest BCUT2D eigenvalue weighted by Gasteiger charge is 1.93. The largest absolute Gasteiger partial charge is 0.393 e. The molecule has 0 aliphatic rings. The Bertz CT molecular complexity index is 101. The molecule has 2 atom stereocenters. The van der Waals surface area contributed by atoms with Crippen LogP contribution in [0.5, 0.6) is 0 Å². The first-order chi connectivity index (χ1) is 5.62. The molecule has 4 N–H and O–H groups in total. The lowest BCUT2D eigenvalue weighted by atomic mass is 10.4. The minimum atomic E-state index is -1.19. The number of aldehydes is 2. The van der Waals surface area contributed by atoms with Gasteiger partial charge in [0.25, 0.3) is 0 Å². The zero-order chi connectivity index (χ0) is 9.98. The number of hydrogen-bond donors (Lipinski definition) is 4. The Kier molecular flexibility index (Phi) is 11.7. The summed E-state index contributed by atoms with van der Waals surface area (Å²) in [4.78, 5) is 18.7. The molecule has 0 aliphatic heterocycles. The van der Waals surface area contributed by atoms with Crippen molar-refractivity contribution in [1.29, 1.82) is 0 Å². The van der Waals surface area contributed by atoms with Crippen LogP contribution in [-0.2, 0) is 9.59 Å². The van der Waals surface area contributed by atoms with E-state index in [-0.39, 0.29) is 12.6 Å². The summed E-state index contributed by atoms with van der Waals surface area (Å²) in [5.74, 6) is 0. The van der Waals surface area contributed by atoms with Gasteiger partial charge in [0, 0.05) is 0 Å². The van der Waals surface area contributed by atoms with E-state index >= 15 is 0 Å². The molecule has 0 amide bonds. The van der Waals surface area contributed by atoms with Crippen LogP contribution in [0.1, 0.15) is 0 Å². The Morgan fingerprint density at radius 2 is 1.17 bits per heavy atom. The molecule has 0 spiro atoms. The van der Waals surface area contributed by atoms with Gasteiger partial charge >= 0.3 is 0 Å². The Labute approximate surface area is 69.1 Å². The zero-order valence-electron chi connectivity index (χ0n) is 6.33. The fourth-order valence-electron chi connectivity index (χ4n) is 0.0861. The summed E-state index contributed by atoms with van der Waals surface area (Å²) in [6, 6.07) is 0. The third-order valence-corrected chi connectivity index (χ3v) is 0.688. The maximum absolute atomic E-state index is 9.33. The molecule has 6 nitrogen and oxygen atoms in total. The zero-order valence-corrected chi connectivity index (χ0v) is 6.33. The molecule has 0 heterocycles. The van der Waals surface area contributed by atoms with Crippen LogP contribution in [-0.4, -0.2) is 58.4 Å². The Morgan fingerprint density at radius 3 is 1.17 bits per heavy atom. The quantitative estimate of drug-likeness (QED) is 0.344. The third-order valence-electron chi connectivity index (χ3n) is 0.688. The van der Waals surface area contributed by atoms with E-state index in [1.54, 1.807) is 0 Å². The molecule has 0 fully saturated rings. The monoisotopic (exact) mass is 180 g/mol. The van der Waals surface area contributed by atoms with Crippen molar-refractivity contribution < 1.29 is 30.0 Å². The lowest BCUT2D eigenvalue weighted by Crippen LogP contribution is -2.12. The van der Waals surface area contributed by atoms with Crippen LogP contribution in [0.2, 0.25) is 0 Å². The van der Waals surface area contributed by atoms with Crippen LogP contribution in [0.3, 0.4) is 0 Å². The van der Waals surface area contributed by atoms with Crippen molar-refractivity contribution >= 4 is 12.6 Å². The van der Waals surface area contributed by atoms with E-state index in [1.165, 1.54) is 0 Å². The van der Waals surface area contributed by atoms with Gasteiger partial charge < -0.3 is 30.0 Å². The Hall–Kier alpha value is -0.820. The Morgan fingerprint density at radius 1 is 0.917 bits per heavy atom. The van der Waals surface area contributed by atoms with Gasteiger partial charge in [-0.1, -0.05) is 0 Å². The van der Waals surface area contributed by atoms with Crippen molar-refractivity contribution in [1.82, 2.24) is 0 Å². The molecule has 0 radical (unpaired) electrons. The molecule has 0 aromatic heterocycles. The first-order valence-electron chi connectivity index (χ1n) is 3.10. The molecule has 0 aliphatic carbocycles. The van der Waals surface area contributed by atoms with Crippen molar-refractivity contribution in [3.8, 4) is 0 Å². The van der Waals surface area contributed by atoms with Crippen LogP contribution >= 0.6 is 0 Å². The highest BCUT2D eigenvalue weighted by atomic mass is 16.3. The smallest absolute Gasteiger partial charge is 0.150 e. The molecule has 6 heteroatoms. The minimum absolute atomic E-state index is 0.278. The van der Waals surface area contributed by atoms with Crippen LogP contribution < -0.4 is 0 Å². The standard InChI is InChI=1S/2C3H6O3/c2*4-1-3(6)2-5/h2*1,3,5-6H,2H2/t3-;/m0./s1. The van der Waals surface area contributed by atoms with E-state index in [2.05, 4.69) is 0 Å². The second kappa shape index (κ2) is 10.2. The average Bonchev–Trinajstić information content (AvgIpc) is 2.16. The topological polar surface area (TPSA) is 115 Å². The molecule has 0 aromatic rings. The number of carbonyl (C=O) groups is 2. The molecule has 12 heavy (non-hydrogen) atoms. The molecule has 1 unspecified atom stereocenters. The first-order valence-corrected chi connectivity index (χ1v) is 3.10. The maximum atomic E-state index is 9.33. The maximum Gasteiger partial charge on any atom is 0.150 e. The molecule has 0 bridgehead atoms. The lowest BCUT2D eigenvalue weighted by molar-refractivity contribution is -0.117. The molecule has 0 saturated heterocycles. The van der Waals surface area contributed by atoms with Gasteiger partial charge in [0.1, 0.15) is 12.2 Å².